The van der Waals surface area contributed by atoms with Crippen LogP contribution in [0.25, 0.3) is 20.8 Å². The maximum absolute atomic E-state index is 13.2. The Morgan fingerprint density at radius 1 is 1.33 bits per heavy atom. The van der Waals surface area contributed by atoms with Gasteiger partial charge in [0, 0.05) is 16.5 Å². The lowest BCUT2D eigenvalue weighted by molar-refractivity contribution is 0.629. The average Bonchev–Trinajstić information content (AvgIpc) is 2.91. The number of thiazole rings is 1. The smallest absolute Gasteiger partial charge is 0.125 e. The number of halogens is 1. The lowest BCUT2D eigenvalue weighted by atomic mass is 10.1. The number of nitrogens with zero attached hydrogens (tertiary/aromatic N) is 1. The SMILES string of the molecule is CCc1csc(C)c1-c1nc2cc(F)ccc2s1. The van der Waals surface area contributed by atoms with E-state index in [9.17, 15) is 4.39 Å². The number of thiophene rings is 1. The summed E-state index contributed by atoms with van der Waals surface area (Å²) in [5, 5.41) is 3.20. The summed E-state index contributed by atoms with van der Waals surface area (Å²) in [6, 6.07) is 4.80. The molecule has 3 aromatic rings. The summed E-state index contributed by atoms with van der Waals surface area (Å²) < 4.78 is 14.2. The second-order valence-electron chi connectivity index (χ2n) is 4.18. The molecule has 3 rings (SSSR count). The summed E-state index contributed by atoms with van der Waals surface area (Å²) in [7, 11) is 0. The predicted octanol–water partition coefficient (Wildman–Crippen LogP) is 5.03. The summed E-state index contributed by atoms with van der Waals surface area (Å²) in [5.41, 5.74) is 3.32. The van der Waals surface area contributed by atoms with Crippen LogP contribution >= 0.6 is 22.7 Å². The minimum atomic E-state index is -0.225. The van der Waals surface area contributed by atoms with Crippen molar-refractivity contribution in [3.63, 3.8) is 0 Å². The van der Waals surface area contributed by atoms with Crippen molar-refractivity contribution < 1.29 is 4.39 Å². The Kier molecular flexibility index (Phi) is 2.92. The first kappa shape index (κ1) is 11.8. The van der Waals surface area contributed by atoms with Crippen LogP contribution in [0, 0.1) is 12.7 Å². The first-order chi connectivity index (χ1) is 8.69. The Morgan fingerprint density at radius 2 is 2.17 bits per heavy atom. The molecule has 0 aliphatic rings. The van der Waals surface area contributed by atoms with E-state index in [-0.39, 0.29) is 5.82 Å². The molecule has 0 fully saturated rings. The Bertz CT molecular complexity index is 712. The van der Waals surface area contributed by atoms with E-state index in [1.54, 1.807) is 28.7 Å². The van der Waals surface area contributed by atoms with E-state index in [0.717, 1.165) is 21.6 Å². The predicted molar refractivity (Wildman–Crippen MR) is 77.0 cm³/mol. The molecule has 2 aromatic heterocycles. The van der Waals surface area contributed by atoms with E-state index < -0.39 is 0 Å². The molecular formula is C14H12FNS2. The number of aryl methyl sites for hydroxylation is 2. The Hall–Kier alpha value is -1.26. The van der Waals surface area contributed by atoms with Gasteiger partial charge in [-0.1, -0.05) is 6.92 Å². The zero-order chi connectivity index (χ0) is 12.7. The maximum Gasteiger partial charge on any atom is 0.125 e. The first-order valence-electron chi connectivity index (χ1n) is 5.82. The molecule has 4 heteroatoms. The number of benzene rings is 1. The molecule has 1 aromatic carbocycles. The Labute approximate surface area is 113 Å². The van der Waals surface area contributed by atoms with Gasteiger partial charge in [-0.3, -0.25) is 0 Å². The van der Waals surface area contributed by atoms with Crippen LogP contribution in [0.4, 0.5) is 4.39 Å². The molecule has 0 atom stereocenters. The van der Waals surface area contributed by atoms with E-state index in [1.165, 1.54) is 28.1 Å². The minimum absolute atomic E-state index is 0.225. The zero-order valence-corrected chi connectivity index (χ0v) is 11.8. The maximum atomic E-state index is 13.2. The first-order valence-corrected chi connectivity index (χ1v) is 7.52. The monoisotopic (exact) mass is 277 g/mol. The molecule has 0 amide bonds. The third-order valence-corrected chi connectivity index (χ3v) is 5.01. The van der Waals surface area contributed by atoms with Crippen molar-refractivity contribution in [1.29, 1.82) is 0 Å². The highest BCUT2D eigenvalue weighted by Crippen LogP contribution is 2.37. The van der Waals surface area contributed by atoms with Gasteiger partial charge in [0.25, 0.3) is 0 Å². The lowest BCUT2D eigenvalue weighted by Gasteiger charge is -1.98. The van der Waals surface area contributed by atoms with E-state index >= 15 is 0 Å². The van der Waals surface area contributed by atoms with E-state index in [2.05, 4.69) is 24.2 Å². The fraction of sp³-hybridized carbons (Fsp3) is 0.214. The zero-order valence-electron chi connectivity index (χ0n) is 10.2. The van der Waals surface area contributed by atoms with Gasteiger partial charge in [0.1, 0.15) is 10.8 Å². The number of hydrogen-bond donors (Lipinski definition) is 0. The van der Waals surface area contributed by atoms with Crippen LogP contribution in [0.15, 0.2) is 23.6 Å². The highest BCUT2D eigenvalue weighted by atomic mass is 32.1. The third kappa shape index (κ3) is 1.85. The number of hydrogen-bond acceptors (Lipinski definition) is 3. The van der Waals surface area contributed by atoms with Gasteiger partial charge >= 0.3 is 0 Å². The second kappa shape index (κ2) is 4.44. The van der Waals surface area contributed by atoms with Gasteiger partial charge in [-0.2, -0.15) is 0 Å². The highest BCUT2D eigenvalue weighted by Gasteiger charge is 2.14. The summed E-state index contributed by atoms with van der Waals surface area (Å²) in [6.07, 6.45) is 1.00. The van der Waals surface area contributed by atoms with Crippen molar-refractivity contribution >= 4 is 32.9 Å². The Morgan fingerprint density at radius 3 is 2.94 bits per heavy atom. The molecule has 18 heavy (non-hydrogen) atoms. The van der Waals surface area contributed by atoms with Gasteiger partial charge in [-0.25, -0.2) is 9.37 Å². The number of aromatic nitrogens is 1. The number of rotatable bonds is 2. The van der Waals surface area contributed by atoms with Gasteiger partial charge in [0.2, 0.25) is 0 Å². The molecule has 0 aliphatic heterocycles. The fourth-order valence-electron chi connectivity index (χ4n) is 2.06. The molecular weight excluding hydrogens is 265 g/mol. The molecule has 0 N–H and O–H groups in total. The van der Waals surface area contributed by atoms with Gasteiger partial charge in [-0.15, -0.1) is 22.7 Å². The van der Waals surface area contributed by atoms with E-state index in [4.69, 9.17) is 0 Å². The highest BCUT2D eigenvalue weighted by molar-refractivity contribution is 7.22. The summed E-state index contributed by atoms with van der Waals surface area (Å²) in [4.78, 5) is 5.85. The molecule has 1 nitrogen and oxygen atoms in total. The quantitative estimate of drug-likeness (QED) is 0.640. The van der Waals surface area contributed by atoms with Crippen molar-refractivity contribution in [2.24, 2.45) is 0 Å². The topological polar surface area (TPSA) is 12.9 Å². The standard InChI is InChI=1S/C14H12FNS2/c1-3-9-7-17-8(2)13(9)14-16-11-6-10(15)4-5-12(11)18-14/h4-7H,3H2,1-2H3. The van der Waals surface area contributed by atoms with Gasteiger partial charge < -0.3 is 0 Å². The van der Waals surface area contributed by atoms with Crippen LogP contribution in [0.3, 0.4) is 0 Å². The van der Waals surface area contributed by atoms with Crippen LogP contribution in [0.5, 0.6) is 0 Å². The van der Waals surface area contributed by atoms with Crippen molar-refractivity contribution in [3.8, 4) is 10.6 Å². The van der Waals surface area contributed by atoms with Crippen LogP contribution in [0.1, 0.15) is 17.4 Å². The van der Waals surface area contributed by atoms with Gasteiger partial charge in [-0.05, 0) is 36.4 Å². The van der Waals surface area contributed by atoms with Crippen LogP contribution < -0.4 is 0 Å². The average molecular weight is 277 g/mol. The molecule has 0 unspecified atom stereocenters. The van der Waals surface area contributed by atoms with Crippen LogP contribution in [-0.2, 0) is 6.42 Å². The second-order valence-corrected chi connectivity index (χ2v) is 6.29. The minimum Gasteiger partial charge on any atom is -0.236 e. The van der Waals surface area contributed by atoms with Crippen LogP contribution in [0.2, 0.25) is 0 Å². The summed E-state index contributed by atoms with van der Waals surface area (Å²) in [5.74, 6) is -0.225. The third-order valence-electron chi connectivity index (χ3n) is 3.00. The van der Waals surface area contributed by atoms with Gasteiger partial charge in [0.05, 0.1) is 10.2 Å². The lowest BCUT2D eigenvalue weighted by Crippen LogP contribution is -1.83. The van der Waals surface area contributed by atoms with E-state index in [1.807, 2.05) is 0 Å². The molecule has 2 heterocycles. The molecule has 0 spiro atoms. The normalized spacial score (nSPS) is 11.3. The van der Waals surface area contributed by atoms with Crippen molar-refractivity contribution in [3.05, 3.63) is 39.8 Å². The Balaban J connectivity index is 2.22. The van der Waals surface area contributed by atoms with Crippen molar-refractivity contribution in [2.45, 2.75) is 20.3 Å². The largest absolute Gasteiger partial charge is 0.236 e. The fourth-order valence-corrected chi connectivity index (χ4v) is 4.16. The summed E-state index contributed by atoms with van der Waals surface area (Å²) >= 11 is 3.39. The van der Waals surface area contributed by atoms with Gasteiger partial charge in [0.15, 0.2) is 0 Å². The molecule has 0 bridgehead atoms. The van der Waals surface area contributed by atoms with E-state index in [0.29, 0.717) is 0 Å². The summed E-state index contributed by atoms with van der Waals surface area (Å²) in [6.45, 7) is 4.27. The van der Waals surface area contributed by atoms with Crippen molar-refractivity contribution in [2.75, 3.05) is 0 Å². The van der Waals surface area contributed by atoms with Crippen molar-refractivity contribution in [1.82, 2.24) is 4.98 Å². The molecule has 0 aliphatic carbocycles. The molecule has 0 saturated carbocycles. The molecule has 0 saturated heterocycles. The van der Waals surface area contributed by atoms with Crippen LogP contribution in [-0.4, -0.2) is 4.98 Å². The molecule has 0 radical (unpaired) electrons. The number of fused-ring (bicyclic) bond motifs is 1. The molecule has 92 valence electrons.